The van der Waals surface area contributed by atoms with E-state index in [1.54, 1.807) is 7.11 Å². The van der Waals surface area contributed by atoms with Crippen LogP contribution >= 0.6 is 0 Å². The first-order valence-corrected chi connectivity index (χ1v) is 10.8. The quantitative estimate of drug-likeness (QED) is 0.155. The molecule has 0 spiro atoms. The molecule has 0 aliphatic rings. The monoisotopic (exact) mass is 386 g/mol. The number of carboxylic acids is 1. The number of carbonyl (C=O) groups is 1. The molecule has 27 heavy (non-hydrogen) atoms. The van der Waals surface area contributed by atoms with Crippen molar-refractivity contribution in [3.63, 3.8) is 0 Å². The second kappa shape index (κ2) is 21.4. The van der Waals surface area contributed by atoms with Crippen LogP contribution in [0.4, 0.5) is 0 Å². The molecule has 0 aliphatic heterocycles. The van der Waals surface area contributed by atoms with Gasteiger partial charge >= 0.3 is 5.97 Å². The van der Waals surface area contributed by atoms with Gasteiger partial charge < -0.3 is 19.3 Å². The van der Waals surface area contributed by atoms with Crippen LogP contribution in [0.2, 0.25) is 0 Å². The first kappa shape index (κ1) is 26.1. The largest absolute Gasteiger partial charge is 0.481 e. The van der Waals surface area contributed by atoms with Gasteiger partial charge in [-0.25, -0.2) is 0 Å². The third kappa shape index (κ3) is 21.2. The summed E-state index contributed by atoms with van der Waals surface area (Å²) in [7, 11) is 1.67. The Morgan fingerprint density at radius 1 is 0.963 bits per heavy atom. The Labute approximate surface area is 166 Å². The molecule has 0 saturated heterocycles. The summed E-state index contributed by atoms with van der Waals surface area (Å²) in [6.45, 7) is 3.74. The van der Waals surface area contributed by atoms with Crippen LogP contribution in [0.5, 0.6) is 0 Å². The van der Waals surface area contributed by atoms with Crippen molar-refractivity contribution in [1.29, 1.82) is 0 Å². The highest BCUT2D eigenvalue weighted by Crippen LogP contribution is 2.13. The summed E-state index contributed by atoms with van der Waals surface area (Å²) in [4.78, 5) is 10.4. The molecule has 0 fully saturated rings. The summed E-state index contributed by atoms with van der Waals surface area (Å²) in [6.07, 6.45) is 18.5. The number of ether oxygens (including phenoxy) is 3. The lowest BCUT2D eigenvalue weighted by Crippen LogP contribution is -2.16. The molecule has 1 N–H and O–H groups in total. The fourth-order valence-electron chi connectivity index (χ4n) is 2.85. The molecule has 0 aromatic carbocycles. The SMILES string of the molecule is CCCCCCC(C/C=C/CCCCCCCC(=O)O)OCOCCOC. The summed E-state index contributed by atoms with van der Waals surface area (Å²) in [5, 5.41) is 8.60. The third-order valence-electron chi connectivity index (χ3n) is 4.53. The minimum absolute atomic E-state index is 0.233. The van der Waals surface area contributed by atoms with Crippen molar-refractivity contribution >= 4 is 5.97 Å². The fraction of sp³-hybridized carbons (Fsp3) is 0.864. The van der Waals surface area contributed by atoms with Crippen molar-refractivity contribution in [1.82, 2.24) is 0 Å². The highest BCUT2D eigenvalue weighted by molar-refractivity contribution is 5.66. The zero-order valence-electron chi connectivity index (χ0n) is 17.6. The van der Waals surface area contributed by atoms with Crippen molar-refractivity contribution < 1.29 is 24.1 Å². The molecule has 0 aromatic rings. The summed E-state index contributed by atoms with van der Waals surface area (Å²) in [5.74, 6) is -0.687. The number of allylic oxidation sites excluding steroid dienone is 1. The van der Waals surface area contributed by atoms with Crippen LogP contribution in [0, 0.1) is 0 Å². The highest BCUT2D eigenvalue weighted by Gasteiger charge is 2.07. The summed E-state index contributed by atoms with van der Waals surface area (Å²) in [5.41, 5.74) is 0. The molecule has 0 heterocycles. The van der Waals surface area contributed by atoms with E-state index < -0.39 is 5.97 Å². The maximum atomic E-state index is 10.4. The van der Waals surface area contributed by atoms with Crippen molar-refractivity contribution in [2.45, 2.75) is 96.5 Å². The van der Waals surface area contributed by atoms with Gasteiger partial charge in [0.05, 0.1) is 19.3 Å². The third-order valence-corrected chi connectivity index (χ3v) is 4.53. The van der Waals surface area contributed by atoms with Crippen LogP contribution < -0.4 is 0 Å². The predicted molar refractivity (Wildman–Crippen MR) is 110 cm³/mol. The van der Waals surface area contributed by atoms with Gasteiger partial charge in [-0.2, -0.15) is 0 Å². The smallest absolute Gasteiger partial charge is 0.303 e. The molecule has 5 heteroatoms. The van der Waals surface area contributed by atoms with Gasteiger partial charge in [0, 0.05) is 13.5 Å². The molecule has 5 nitrogen and oxygen atoms in total. The van der Waals surface area contributed by atoms with Crippen LogP contribution in [-0.4, -0.2) is 44.3 Å². The summed E-state index contributed by atoms with van der Waals surface area (Å²) >= 11 is 0. The number of rotatable bonds is 21. The van der Waals surface area contributed by atoms with E-state index in [2.05, 4.69) is 19.1 Å². The molecule has 160 valence electrons. The number of carboxylic acid groups (broad SMARTS) is 1. The van der Waals surface area contributed by atoms with Gasteiger partial charge in [0.25, 0.3) is 0 Å². The van der Waals surface area contributed by atoms with E-state index in [9.17, 15) is 4.79 Å². The van der Waals surface area contributed by atoms with E-state index in [1.807, 2.05) is 0 Å². The lowest BCUT2D eigenvalue weighted by molar-refractivity contribution is -0.137. The van der Waals surface area contributed by atoms with Crippen LogP contribution in [-0.2, 0) is 19.0 Å². The minimum Gasteiger partial charge on any atom is -0.481 e. The maximum Gasteiger partial charge on any atom is 0.303 e. The maximum absolute atomic E-state index is 10.4. The molecule has 0 rings (SSSR count). The molecule has 0 amide bonds. The second-order valence-electron chi connectivity index (χ2n) is 7.06. The van der Waals surface area contributed by atoms with E-state index >= 15 is 0 Å². The lowest BCUT2D eigenvalue weighted by atomic mass is 10.1. The van der Waals surface area contributed by atoms with E-state index in [1.165, 1.54) is 38.5 Å². The van der Waals surface area contributed by atoms with Gasteiger partial charge in [0.2, 0.25) is 0 Å². The Hall–Kier alpha value is -0.910. The number of hydrogen-bond acceptors (Lipinski definition) is 4. The molecular weight excluding hydrogens is 344 g/mol. The van der Waals surface area contributed by atoms with Gasteiger partial charge in [-0.1, -0.05) is 64.0 Å². The molecule has 0 bridgehead atoms. The number of unbranched alkanes of at least 4 members (excludes halogenated alkanes) is 8. The van der Waals surface area contributed by atoms with E-state index in [0.29, 0.717) is 26.4 Å². The van der Waals surface area contributed by atoms with E-state index in [-0.39, 0.29) is 6.10 Å². The van der Waals surface area contributed by atoms with Gasteiger partial charge in [0.15, 0.2) is 0 Å². The highest BCUT2D eigenvalue weighted by atomic mass is 16.7. The topological polar surface area (TPSA) is 65.0 Å². The molecule has 0 aromatic heterocycles. The number of methoxy groups -OCH3 is 1. The lowest BCUT2D eigenvalue weighted by Gasteiger charge is -2.16. The molecule has 1 atom stereocenters. The Bertz CT molecular complexity index is 344. The van der Waals surface area contributed by atoms with Gasteiger partial charge in [0.1, 0.15) is 6.79 Å². The molecule has 0 radical (unpaired) electrons. The normalized spacial score (nSPS) is 12.7. The van der Waals surface area contributed by atoms with Crippen molar-refractivity contribution in [3.05, 3.63) is 12.2 Å². The minimum atomic E-state index is -0.687. The van der Waals surface area contributed by atoms with Gasteiger partial charge in [-0.15, -0.1) is 0 Å². The first-order chi connectivity index (χ1) is 13.2. The molecular formula is C22H42O5. The van der Waals surface area contributed by atoms with Crippen molar-refractivity contribution in [2.24, 2.45) is 0 Å². The average molecular weight is 387 g/mol. The van der Waals surface area contributed by atoms with Crippen LogP contribution in [0.15, 0.2) is 12.2 Å². The van der Waals surface area contributed by atoms with Crippen molar-refractivity contribution in [3.8, 4) is 0 Å². The van der Waals surface area contributed by atoms with E-state index in [0.717, 1.165) is 38.5 Å². The van der Waals surface area contributed by atoms with Crippen LogP contribution in [0.1, 0.15) is 90.4 Å². The average Bonchev–Trinajstić information content (AvgIpc) is 2.65. The Balaban J connectivity index is 3.79. The molecule has 0 saturated carbocycles. The van der Waals surface area contributed by atoms with Crippen molar-refractivity contribution in [2.75, 3.05) is 27.1 Å². The molecule has 1 unspecified atom stereocenters. The van der Waals surface area contributed by atoms with Gasteiger partial charge in [-0.05, 0) is 32.1 Å². The standard InChI is InChI=1S/C22H42O5/c1-3-4-5-12-15-21(27-20-26-19-18-25-2)16-13-10-8-6-7-9-11-14-17-22(23)24/h10,13,21H,3-9,11-12,14-20H2,1-2H3,(H,23,24)/b13-10+. The zero-order chi connectivity index (χ0) is 20.0. The fourth-order valence-corrected chi connectivity index (χ4v) is 2.85. The Morgan fingerprint density at radius 3 is 2.44 bits per heavy atom. The number of aliphatic carboxylic acids is 1. The zero-order valence-corrected chi connectivity index (χ0v) is 17.6. The van der Waals surface area contributed by atoms with E-state index in [4.69, 9.17) is 19.3 Å². The number of hydrogen-bond donors (Lipinski definition) is 1. The van der Waals surface area contributed by atoms with Crippen LogP contribution in [0.25, 0.3) is 0 Å². The summed E-state index contributed by atoms with van der Waals surface area (Å²) in [6, 6.07) is 0. The van der Waals surface area contributed by atoms with Crippen LogP contribution in [0.3, 0.4) is 0 Å². The first-order valence-electron chi connectivity index (χ1n) is 10.8. The van der Waals surface area contributed by atoms with Gasteiger partial charge in [-0.3, -0.25) is 4.79 Å². The second-order valence-corrected chi connectivity index (χ2v) is 7.06. The Kier molecular flexibility index (Phi) is 20.7. The molecule has 0 aliphatic carbocycles. The summed E-state index contributed by atoms with van der Waals surface area (Å²) < 4.78 is 16.3. The Morgan fingerprint density at radius 2 is 1.70 bits per heavy atom. The predicted octanol–water partition coefficient (Wildman–Crippen LogP) is 5.72.